The maximum absolute atomic E-state index is 13.1. The van der Waals surface area contributed by atoms with Crippen LogP contribution in [0.1, 0.15) is 40.1 Å². The number of ether oxygens (including phenoxy) is 1. The quantitative estimate of drug-likeness (QED) is 0.622. The molecule has 0 aliphatic carbocycles. The number of likely N-dealkylation sites (N-methyl/N-ethyl adjacent to an activating group) is 1. The largest absolute Gasteiger partial charge is 0.496 e. The molecule has 0 aromatic heterocycles. The monoisotopic (exact) mass is 413 g/mol. The van der Waals surface area contributed by atoms with Gasteiger partial charge in [0.1, 0.15) is 11.6 Å². The van der Waals surface area contributed by atoms with E-state index < -0.39 is 11.7 Å². The maximum Gasteiger partial charge on any atom is 0.255 e. The molecule has 0 saturated carbocycles. The van der Waals surface area contributed by atoms with Crippen LogP contribution in [-0.4, -0.2) is 50.0 Å². The molecule has 0 unspecified atom stereocenters. The van der Waals surface area contributed by atoms with Gasteiger partial charge in [0.2, 0.25) is 0 Å². The number of methoxy groups -OCH3 is 1. The number of rotatable bonds is 10. The van der Waals surface area contributed by atoms with Gasteiger partial charge in [-0.3, -0.25) is 9.59 Å². The summed E-state index contributed by atoms with van der Waals surface area (Å²) in [6.07, 6.45) is 1.55. The van der Waals surface area contributed by atoms with E-state index in [0.29, 0.717) is 34.7 Å². The zero-order chi connectivity index (χ0) is 22.1. The molecule has 160 valence electrons. The highest BCUT2D eigenvalue weighted by molar-refractivity contribution is 6.06. The number of amides is 2. The van der Waals surface area contributed by atoms with Gasteiger partial charge in [-0.1, -0.05) is 26.5 Å². The summed E-state index contributed by atoms with van der Waals surface area (Å²) < 4.78 is 18.5. The van der Waals surface area contributed by atoms with E-state index in [9.17, 15) is 14.0 Å². The minimum atomic E-state index is -0.420. The summed E-state index contributed by atoms with van der Waals surface area (Å²) >= 11 is 0. The van der Waals surface area contributed by atoms with Crippen LogP contribution in [0.25, 0.3) is 6.08 Å². The van der Waals surface area contributed by atoms with Crippen LogP contribution >= 0.6 is 0 Å². The zero-order valence-electron chi connectivity index (χ0n) is 17.6. The molecule has 2 N–H and O–H groups in total. The van der Waals surface area contributed by atoms with Crippen molar-refractivity contribution in [1.82, 2.24) is 10.2 Å². The van der Waals surface area contributed by atoms with Crippen LogP contribution in [0.2, 0.25) is 0 Å². The first-order valence-corrected chi connectivity index (χ1v) is 9.85. The predicted molar refractivity (Wildman–Crippen MR) is 118 cm³/mol. The molecule has 2 aromatic rings. The molecule has 2 aromatic carbocycles. The topological polar surface area (TPSA) is 70.7 Å². The van der Waals surface area contributed by atoms with Crippen molar-refractivity contribution < 1.29 is 18.7 Å². The lowest BCUT2D eigenvalue weighted by molar-refractivity contribution is 0.0945. The van der Waals surface area contributed by atoms with Gasteiger partial charge in [0.25, 0.3) is 11.8 Å². The van der Waals surface area contributed by atoms with Gasteiger partial charge in [0.05, 0.1) is 18.4 Å². The van der Waals surface area contributed by atoms with Crippen LogP contribution in [-0.2, 0) is 0 Å². The first-order valence-electron chi connectivity index (χ1n) is 9.85. The van der Waals surface area contributed by atoms with Crippen LogP contribution in [0.4, 0.5) is 10.1 Å². The van der Waals surface area contributed by atoms with Crippen molar-refractivity contribution >= 4 is 23.6 Å². The lowest BCUT2D eigenvalue weighted by atomic mass is 10.1. The lowest BCUT2D eigenvalue weighted by Crippen LogP contribution is -2.35. The molecular weight excluding hydrogens is 385 g/mol. The molecule has 0 aliphatic heterocycles. The van der Waals surface area contributed by atoms with E-state index in [0.717, 1.165) is 19.6 Å². The molecule has 6 nitrogen and oxygen atoms in total. The molecule has 0 aliphatic rings. The Morgan fingerprint density at radius 3 is 2.37 bits per heavy atom. The van der Waals surface area contributed by atoms with Crippen LogP contribution in [0.15, 0.2) is 43.0 Å². The summed E-state index contributed by atoms with van der Waals surface area (Å²) in [7, 11) is 1.46. The second-order valence-corrected chi connectivity index (χ2v) is 6.59. The van der Waals surface area contributed by atoms with Gasteiger partial charge in [0, 0.05) is 24.7 Å². The Labute approximate surface area is 176 Å². The van der Waals surface area contributed by atoms with E-state index in [2.05, 4.69) is 36.0 Å². The van der Waals surface area contributed by atoms with Crippen molar-refractivity contribution in [3.63, 3.8) is 0 Å². The fourth-order valence-electron chi connectivity index (χ4n) is 2.98. The summed E-state index contributed by atoms with van der Waals surface area (Å²) in [5.74, 6) is -0.762. The van der Waals surface area contributed by atoms with E-state index in [4.69, 9.17) is 4.74 Å². The fraction of sp³-hybridized carbons (Fsp3) is 0.304. The van der Waals surface area contributed by atoms with Crippen molar-refractivity contribution in [1.29, 1.82) is 0 Å². The van der Waals surface area contributed by atoms with E-state index in [1.165, 1.54) is 31.4 Å². The van der Waals surface area contributed by atoms with Gasteiger partial charge in [-0.2, -0.15) is 0 Å². The lowest BCUT2D eigenvalue weighted by Gasteiger charge is -2.19. The van der Waals surface area contributed by atoms with Crippen molar-refractivity contribution in [2.45, 2.75) is 13.8 Å². The van der Waals surface area contributed by atoms with E-state index in [1.54, 1.807) is 18.2 Å². The van der Waals surface area contributed by atoms with Crippen LogP contribution in [0, 0.1) is 5.82 Å². The van der Waals surface area contributed by atoms with Crippen molar-refractivity contribution in [3.8, 4) is 5.75 Å². The molecule has 0 heterocycles. The Bertz CT molecular complexity index is 893. The first-order chi connectivity index (χ1) is 14.4. The molecule has 0 bridgehead atoms. The van der Waals surface area contributed by atoms with Gasteiger partial charge >= 0.3 is 0 Å². The number of carbonyl (C=O) groups excluding carboxylic acids is 2. The van der Waals surface area contributed by atoms with Gasteiger partial charge in [0.15, 0.2) is 0 Å². The smallest absolute Gasteiger partial charge is 0.255 e. The number of anilines is 1. The van der Waals surface area contributed by atoms with Gasteiger partial charge in [-0.05, 0) is 49.0 Å². The number of halogens is 1. The van der Waals surface area contributed by atoms with Crippen LogP contribution in [0.3, 0.4) is 0 Å². The Morgan fingerprint density at radius 1 is 1.13 bits per heavy atom. The fourth-order valence-corrected chi connectivity index (χ4v) is 2.98. The Morgan fingerprint density at radius 2 is 1.80 bits per heavy atom. The third-order valence-electron chi connectivity index (χ3n) is 4.80. The number of carbonyl (C=O) groups is 2. The Kier molecular flexibility index (Phi) is 8.55. The molecule has 0 radical (unpaired) electrons. The van der Waals surface area contributed by atoms with Crippen LogP contribution < -0.4 is 15.4 Å². The van der Waals surface area contributed by atoms with E-state index in [1.807, 2.05) is 0 Å². The SMILES string of the molecule is C=Cc1cc(C(=O)NCCN(CC)CC)c(OC)cc1NC(=O)c1ccc(F)cc1. The normalized spacial score (nSPS) is 10.6. The van der Waals surface area contributed by atoms with Crippen molar-refractivity contribution in [2.75, 3.05) is 38.6 Å². The van der Waals surface area contributed by atoms with Crippen molar-refractivity contribution in [2.24, 2.45) is 0 Å². The van der Waals surface area contributed by atoms with Gasteiger partial charge < -0.3 is 20.3 Å². The number of hydrogen-bond acceptors (Lipinski definition) is 4. The van der Waals surface area contributed by atoms with Crippen molar-refractivity contribution in [3.05, 3.63) is 65.5 Å². The highest BCUT2D eigenvalue weighted by Crippen LogP contribution is 2.29. The average Bonchev–Trinajstić information content (AvgIpc) is 2.76. The molecule has 0 atom stereocenters. The molecule has 30 heavy (non-hydrogen) atoms. The minimum Gasteiger partial charge on any atom is -0.496 e. The molecule has 0 saturated heterocycles. The highest BCUT2D eigenvalue weighted by Gasteiger charge is 2.17. The molecule has 0 spiro atoms. The molecular formula is C23H28FN3O3. The number of nitrogens with one attached hydrogen (secondary N) is 2. The maximum atomic E-state index is 13.1. The van der Waals surface area contributed by atoms with E-state index in [-0.39, 0.29) is 5.91 Å². The highest BCUT2D eigenvalue weighted by atomic mass is 19.1. The Balaban J connectivity index is 2.20. The molecule has 2 rings (SSSR count). The van der Waals surface area contributed by atoms with E-state index >= 15 is 0 Å². The molecule has 0 fully saturated rings. The van der Waals surface area contributed by atoms with Crippen LogP contribution in [0.5, 0.6) is 5.75 Å². The predicted octanol–water partition coefficient (Wildman–Crippen LogP) is 3.80. The number of benzene rings is 2. The van der Waals surface area contributed by atoms with Gasteiger partial charge in [-0.15, -0.1) is 0 Å². The summed E-state index contributed by atoms with van der Waals surface area (Å²) in [4.78, 5) is 27.4. The standard InChI is InChI=1S/C23H28FN3O3/c1-5-16-14-19(23(29)25-12-13-27(6-2)7-3)21(30-4)15-20(16)26-22(28)17-8-10-18(24)11-9-17/h5,8-11,14-15H,1,6-7,12-13H2,2-4H3,(H,25,29)(H,26,28). The minimum absolute atomic E-state index is 0.265. The first kappa shape index (κ1) is 23.1. The number of hydrogen-bond donors (Lipinski definition) is 2. The Hall–Kier alpha value is -3.19. The second kappa shape index (κ2) is 11.1. The zero-order valence-corrected chi connectivity index (χ0v) is 17.6. The summed E-state index contributed by atoms with van der Waals surface area (Å²) in [5.41, 5.74) is 1.67. The summed E-state index contributed by atoms with van der Waals surface area (Å²) in [6.45, 7) is 11.0. The summed E-state index contributed by atoms with van der Waals surface area (Å²) in [5, 5.41) is 5.66. The third kappa shape index (κ3) is 5.90. The average molecular weight is 413 g/mol. The molecule has 2 amide bonds. The number of nitrogens with zero attached hydrogens (tertiary/aromatic N) is 1. The van der Waals surface area contributed by atoms with Gasteiger partial charge in [-0.25, -0.2) is 4.39 Å². The third-order valence-corrected chi connectivity index (χ3v) is 4.80. The summed E-state index contributed by atoms with van der Waals surface area (Å²) in [6, 6.07) is 8.43. The second-order valence-electron chi connectivity index (χ2n) is 6.59. The molecule has 7 heteroatoms.